The maximum atomic E-state index is 3.53. The first-order chi connectivity index (χ1) is 16.0. The summed E-state index contributed by atoms with van der Waals surface area (Å²) in [6.07, 6.45) is 1.03. The second kappa shape index (κ2) is 14.5. The van der Waals surface area contributed by atoms with Crippen molar-refractivity contribution in [1.29, 1.82) is 0 Å². The van der Waals surface area contributed by atoms with Gasteiger partial charge in [-0.1, -0.05) is 110 Å². The minimum absolute atomic E-state index is 0. The monoisotopic (exact) mass is 614 g/mol. The van der Waals surface area contributed by atoms with Crippen molar-refractivity contribution in [3.63, 3.8) is 0 Å². The van der Waals surface area contributed by atoms with Crippen molar-refractivity contribution < 1.29 is 49.0 Å². The van der Waals surface area contributed by atoms with Crippen molar-refractivity contribution in [3.05, 3.63) is 87.5 Å². The van der Waals surface area contributed by atoms with E-state index in [4.69, 9.17) is 0 Å². The predicted molar refractivity (Wildman–Crippen MR) is 153 cm³/mol. The van der Waals surface area contributed by atoms with E-state index in [1.165, 1.54) is 53.3 Å². The fraction of sp³-hybridized carbons (Fsp3) is 0.471. The van der Waals surface area contributed by atoms with Gasteiger partial charge in [-0.15, -0.1) is 5.56 Å². The molecule has 4 rings (SSSR count). The molecule has 3 heteroatoms. The van der Waals surface area contributed by atoms with Gasteiger partial charge in [0.15, 0.2) is 0 Å². The zero-order valence-corrected chi connectivity index (χ0v) is 29.1. The molecule has 1 aliphatic carbocycles. The van der Waals surface area contributed by atoms with Crippen LogP contribution in [-0.4, -0.2) is 3.21 Å². The van der Waals surface area contributed by atoms with E-state index in [9.17, 15) is 0 Å². The van der Waals surface area contributed by atoms with Gasteiger partial charge in [-0.3, -0.25) is 0 Å². The summed E-state index contributed by atoms with van der Waals surface area (Å²) in [5, 5.41) is 0. The summed E-state index contributed by atoms with van der Waals surface area (Å²) in [5.41, 5.74) is 13.1. The molecule has 0 unspecified atom stereocenters. The van der Waals surface area contributed by atoms with E-state index in [0.717, 1.165) is 6.42 Å². The Balaban J connectivity index is 0.000000684. The zero-order chi connectivity index (χ0) is 26.7. The van der Waals surface area contributed by atoms with Crippen LogP contribution in [0.2, 0.25) is 0 Å². The molecule has 0 fully saturated rings. The van der Waals surface area contributed by atoms with Gasteiger partial charge in [-0.05, 0) is 17.4 Å². The molecule has 0 saturated heterocycles. The van der Waals surface area contributed by atoms with Crippen molar-refractivity contribution in [2.24, 2.45) is 0 Å². The second-order valence-electron chi connectivity index (χ2n) is 12.7. The topological polar surface area (TPSA) is 0 Å². The van der Waals surface area contributed by atoms with E-state index in [-0.39, 0.29) is 35.6 Å². The van der Waals surface area contributed by atoms with Crippen LogP contribution >= 0.6 is 0 Å². The Morgan fingerprint density at radius 3 is 1.78 bits per heavy atom. The summed E-state index contributed by atoms with van der Waals surface area (Å²) in [6.45, 7) is 26.7. The number of rotatable bonds is 1. The normalized spacial score (nSPS) is 11.6. The van der Waals surface area contributed by atoms with Gasteiger partial charge < -0.3 is 24.8 Å². The molecular formula is C34H46Cl2Zr-2. The molecule has 0 spiro atoms. The Morgan fingerprint density at radius 1 is 0.865 bits per heavy atom. The molecular weight excluding hydrogens is 571 g/mol. The van der Waals surface area contributed by atoms with Crippen LogP contribution in [0.15, 0.2) is 42.5 Å². The van der Waals surface area contributed by atoms with Crippen molar-refractivity contribution in [3.8, 4) is 11.1 Å². The smallest absolute Gasteiger partial charge is 0.0632 e. The van der Waals surface area contributed by atoms with Crippen LogP contribution in [0.1, 0.15) is 114 Å². The molecule has 0 bridgehead atoms. The zero-order valence-electron chi connectivity index (χ0n) is 25.1. The standard InChI is InChI=1S/C21H25.C10H15.C3H6.2ClH.Zr/c1-20(2,3)16-9-7-14-11-15-8-10-17(21(4,5)6)13-19(15)18(14)12-16;1-7(2)10-6-8(3)5-9(10)4;1-3-2;;;/h7,9-10,12-13H,11H2,1-6H3;5-7H,1-4H3;1-2H3;2*1H;/q2*-1;;;;+2/p-2. The van der Waals surface area contributed by atoms with Gasteiger partial charge in [0.1, 0.15) is 0 Å². The Hall–Kier alpha value is -0.877. The van der Waals surface area contributed by atoms with E-state index in [2.05, 4.69) is 132 Å². The molecule has 1 aliphatic rings. The molecule has 0 aromatic heterocycles. The third-order valence-corrected chi connectivity index (χ3v) is 6.43. The maximum Gasteiger partial charge on any atom is -0.0632 e. The van der Waals surface area contributed by atoms with E-state index < -0.39 is 0 Å². The average Bonchev–Trinajstić information content (AvgIpc) is 3.24. The second-order valence-corrected chi connectivity index (χ2v) is 15.1. The molecule has 0 N–H and O–H groups in total. The molecule has 0 amide bonds. The van der Waals surface area contributed by atoms with E-state index in [1.54, 1.807) is 24.2 Å². The van der Waals surface area contributed by atoms with Gasteiger partial charge in [0, 0.05) is 0 Å². The number of benzene rings is 2. The third-order valence-electron chi connectivity index (χ3n) is 6.43. The van der Waals surface area contributed by atoms with Crippen LogP contribution in [-0.2, 0) is 41.5 Å². The summed E-state index contributed by atoms with van der Waals surface area (Å²) in [5.74, 6) is 0.675. The average molecular weight is 617 g/mol. The van der Waals surface area contributed by atoms with Gasteiger partial charge in [-0.2, -0.15) is 52.1 Å². The largest absolute Gasteiger partial charge is 1.00 e. The fourth-order valence-electron chi connectivity index (χ4n) is 4.43. The van der Waals surface area contributed by atoms with Crippen LogP contribution in [0.3, 0.4) is 0 Å². The number of hydrogen-bond acceptors (Lipinski definition) is 0. The summed E-state index contributed by atoms with van der Waals surface area (Å²) < 4.78 is 1.51. The molecule has 37 heavy (non-hydrogen) atoms. The molecule has 0 nitrogen and oxygen atoms in total. The summed E-state index contributed by atoms with van der Waals surface area (Å²) >= 11 is 1.55. The third kappa shape index (κ3) is 10.3. The Kier molecular flexibility index (Phi) is 14.1. The predicted octanol–water partition coefficient (Wildman–Crippen LogP) is 3.55. The van der Waals surface area contributed by atoms with Gasteiger partial charge in [-0.25, -0.2) is 6.07 Å². The van der Waals surface area contributed by atoms with Crippen molar-refractivity contribution in [1.82, 2.24) is 0 Å². The van der Waals surface area contributed by atoms with Crippen LogP contribution in [0.25, 0.3) is 11.1 Å². The molecule has 0 aliphatic heterocycles. The number of hydrogen-bond donors (Lipinski definition) is 0. The van der Waals surface area contributed by atoms with E-state index in [1.807, 2.05) is 0 Å². The molecule has 202 valence electrons. The Labute approximate surface area is 255 Å². The Morgan fingerprint density at radius 2 is 1.38 bits per heavy atom. The first kappa shape index (κ1) is 36.1. The molecule has 0 saturated carbocycles. The maximum absolute atomic E-state index is 3.53. The van der Waals surface area contributed by atoms with Crippen molar-refractivity contribution in [2.75, 3.05) is 0 Å². The molecule has 0 atom stereocenters. The van der Waals surface area contributed by atoms with Gasteiger partial charge >= 0.3 is 41.3 Å². The minimum Gasteiger partial charge on any atom is -1.00 e. The van der Waals surface area contributed by atoms with Crippen LogP contribution in [0, 0.1) is 19.9 Å². The van der Waals surface area contributed by atoms with E-state index >= 15 is 0 Å². The van der Waals surface area contributed by atoms with Gasteiger partial charge in [0.05, 0.1) is 0 Å². The molecule has 0 heterocycles. The van der Waals surface area contributed by atoms with Crippen LogP contribution in [0.4, 0.5) is 0 Å². The number of aryl methyl sites for hydroxylation is 2. The van der Waals surface area contributed by atoms with Gasteiger partial charge in [0.2, 0.25) is 0 Å². The van der Waals surface area contributed by atoms with Gasteiger partial charge in [0.25, 0.3) is 0 Å². The first-order valence-corrected chi connectivity index (χ1v) is 14.2. The van der Waals surface area contributed by atoms with Crippen LogP contribution < -0.4 is 24.8 Å². The number of fused-ring (bicyclic) bond motifs is 3. The summed E-state index contributed by atoms with van der Waals surface area (Å²) in [6, 6.07) is 19.6. The van der Waals surface area contributed by atoms with E-state index in [0.29, 0.717) is 5.92 Å². The van der Waals surface area contributed by atoms with Crippen LogP contribution in [0.5, 0.6) is 0 Å². The summed E-state index contributed by atoms with van der Waals surface area (Å²) in [4.78, 5) is 0. The van der Waals surface area contributed by atoms with Crippen molar-refractivity contribution in [2.45, 2.75) is 106 Å². The summed E-state index contributed by atoms with van der Waals surface area (Å²) in [7, 11) is 0. The first-order valence-electron chi connectivity index (χ1n) is 12.9. The molecule has 3 aromatic carbocycles. The number of halogens is 2. The molecule has 3 aromatic rings. The Bertz CT molecular complexity index is 1100. The fourth-order valence-corrected chi connectivity index (χ4v) is 4.43. The van der Waals surface area contributed by atoms with Crippen molar-refractivity contribution >= 4 is 3.21 Å². The quantitative estimate of drug-likeness (QED) is 0.287. The molecule has 0 radical (unpaired) electrons. The minimum atomic E-state index is 0. The SMILES string of the molecule is CC(C)(C)c1c[c-]c2c(c1)-c1cc(C(C)(C)C)ccc1C2.C[C](C)=[Zr+2].Cc1cc(C(C)C)c(C)[cH-]1.[Cl-].[Cl-].